The lowest BCUT2D eigenvalue weighted by Gasteiger charge is -2.31. The summed E-state index contributed by atoms with van der Waals surface area (Å²) in [5.41, 5.74) is 1.32. The van der Waals surface area contributed by atoms with Gasteiger partial charge in [-0.25, -0.2) is 4.39 Å². The number of hydrogen-bond acceptors (Lipinski definition) is 3. The standard InChI is InChI=1S/C21H23FN2O3/c1-15-6-8-17(9-7-15)27-14-20(25)24-12-10-16(11-13-24)21(26)23-19-5-3-2-4-18(19)22/h2-9,16H,10-14H2,1H3,(H,23,26). The Balaban J connectivity index is 1.45. The molecule has 0 atom stereocenters. The van der Waals surface area contributed by atoms with Crippen molar-refractivity contribution < 1.29 is 18.7 Å². The first-order valence-electron chi connectivity index (χ1n) is 9.05. The van der Waals surface area contributed by atoms with Crippen molar-refractivity contribution in [1.82, 2.24) is 4.90 Å². The van der Waals surface area contributed by atoms with Crippen molar-refractivity contribution in [3.8, 4) is 5.75 Å². The summed E-state index contributed by atoms with van der Waals surface area (Å²) >= 11 is 0. The smallest absolute Gasteiger partial charge is 0.260 e. The molecule has 27 heavy (non-hydrogen) atoms. The molecule has 3 rings (SSSR count). The molecule has 1 aliphatic heterocycles. The first kappa shape index (κ1) is 18.9. The van der Waals surface area contributed by atoms with Crippen molar-refractivity contribution in [3.05, 3.63) is 59.9 Å². The molecule has 2 aromatic rings. The van der Waals surface area contributed by atoms with E-state index in [0.717, 1.165) is 5.56 Å². The first-order valence-corrected chi connectivity index (χ1v) is 9.05. The number of rotatable bonds is 5. The molecule has 0 aliphatic carbocycles. The fourth-order valence-electron chi connectivity index (χ4n) is 3.06. The maximum absolute atomic E-state index is 13.7. The monoisotopic (exact) mass is 370 g/mol. The van der Waals surface area contributed by atoms with Crippen LogP contribution in [-0.2, 0) is 9.59 Å². The zero-order valence-corrected chi connectivity index (χ0v) is 15.3. The lowest BCUT2D eigenvalue weighted by Crippen LogP contribution is -2.43. The molecule has 1 N–H and O–H groups in total. The summed E-state index contributed by atoms with van der Waals surface area (Å²) in [5, 5.41) is 2.63. The Morgan fingerprint density at radius 2 is 1.78 bits per heavy atom. The summed E-state index contributed by atoms with van der Waals surface area (Å²) in [6, 6.07) is 13.6. The van der Waals surface area contributed by atoms with Gasteiger partial charge in [-0.3, -0.25) is 9.59 Å². The Kier molecular flexibility index (Phi) is 6.06. The number of anilines is 1. The number of carbonyl (C=O) groups excluding carboxylic acids is 2. The Morgan fingerprint density at radius 3 is 2.44 bits per heavy atom. The van der Waals surface area contributed by atoms with Gasteiger partial charge in [0.15, 0.2) is 6.61 Å². The molecule has 5 nitrogen and oxygen atoms in total. The molecule has 0 unspecified atom stereocenters. The average molecular weight is 370 g/mol. The molecule has 0 spiro atoms. The lowest BCUT2D eigenvalue weighted by atomic mass is 9.95. The van der Waals surface area contributed by atoms with Crippen LogP contribution in [0.5, 0.6) is 5.75 Å². The van der Waals surface area contributed by atoms with Gasteiger partial charge in [0.1, 0.15) is 11.6 Å². The number of benzene rings is 2. The van der Waals surface area contributed by atoms with Gasteiger partial charge in [-0.05, 0) is 44.0 Å². The molecule has 0 aromatic heterocycles. The molecule has 2 aromatic carbocycles. The summed E-state index contributed by atoms with van der Waals surface area (Å²) in [6.07, 6.45) is 1.10. The van der Waals surface area contributed by atoms with Crippen molar-refractivity contribution >= 4 is 17.5 Å². The van der Waals surface area contributed by atoms with Gasteiger partial charge < -0.3 is 15.0 Å². The van der Waals surface area contributed by atoms with Crippen LogP contribution >= 0.6 is 0 Å². The molecule has 1 aliphatic rings. The van der Waals surface area contributed by atoms with E-state index in [1.165, 1.54) is 12.1 Å². The van der Waals surface area contributed by atoms with Crippen LogP contribution in [0.15, 0.2) is 48.5 Å². The summed E-state index contributed by atoms with van der Waals surface area (Å²) in [4.78, 5) is 26.3. The Morgan fingerprint density at radius 1 is 1.11 bits per heavy atom. The van der Waals surface area contributed by atoms with Gasteiger partial charge in [-0.1, -0.05) is 29.8 Å². The largest absolute Gasteiger partial charge is 0.484 e. The fraction of sp³-hybridized carbons (Fsp3) is 0.333. The molecular weight excluding hydrogens is 347 g/mol. The number of aryl methyl sites for hydroxylation is 1. The van der Waals surface area contributed by atoms with Gasteiger partial charge in [0.2, 0.25) is 5.91 Å². The zero-order valence-electron chi connectivity index (χ0n) is 15.3. The predicted molar refractivity (Wildman–Crippen MR) is 101 cm³/mol. The van der Waals surface area contributed by atoms with E-state index in [9.17, 15) is 14.0 Å². The number of likely N-dealkylation sites (tertiary alicyclic amines) is 1. The number of nitrogens with zero attached hydrogens (tertiary/aromatic N) is 1. The van der Waals surface area contributed by atoms with Crippen molar-refractivity contribution in [1.29, 1.82) is 0 Å². The molecule has 0 bridgehead atoms. The van der Waals surface area contributed by atoms with Crippen LogP contribution in [0, 0.1) is 18.7 Å². The number of hydrogen-bond donors (Lipinski definition) is 1. The molecule has 0 saturated carbocycles. The van der Waals surface area contributed by atoms with Gasteiger partial charge in [0, 0.05) is 19.0 Å². The highest BCUT2D eigenvalue weighted by Crippen LogP contribution is 2.21. The third kappa shape index (κ3) is 5.06. The summed E-state index contributed by atoms with van der Waals surface area (Å²) in [6.45, 7) is 2.95. The quantitative estimate of drug-likeness (QED) is 0.878. The second kappa shape index (κ2) is 8.66. The van der Waals surface area contributed by atoms with E-state index in [-0.39, 0.29) is 30.0 Å². The average Bonchev–Trinajstić information content (AvgIpc) is 2.69. The minimum atomic E-state index is -0.452. The summed E-state index contributed by atoms with van der Waals surface area (Å²) in [7, 11) is 0. The van der Waals surface area contributed by atoms with E-state index in [2.05, 4.69) is 5.32 Å². The Labute approximate surface area is 158 Å². The second-order valence-corrected chi connectivity index (χ2v) is 6.73. The van der Waals surface area contributed by atoms with Gasteiger partial charge in [-0.15, -0.1) is 0 Å². The third-order valence-electron chi connectivity index (χ3n) is 4.73. The number of halogens is 1. The molecule has 6 heteroatoms. The zero-order chi connectivity index (χ0) is 19.2. The van der Waals surface area contributed by atoms with Crippen LogP contribution in [0.4, 0.5) is 10.1 Å². The lowest BCUT2D eigenvalue weighted by molar-refractivity contribution is -0.136. The van der Waals surface area contributed by atoms with E-state index in [1.54, 1.807) is 17.0 Å². The molecule has 0 radical (unpaired) electrons. The fourth-order valence-corrected chi connectivity index (χ4v) is 3.06. The van der Waals surface area contributed by atoms with Crippen molar-refractivity contribution in [3.63, 3.8) is 0 Å². The Hall–Kier alpha value is -2.89. The van der Waals surface area contributed by atoms with E-state index in [4.69, 9.17) is 4.74 Å². The number of piperidine rings is 1. The van der Waals surface area contributed by atoms with Crippen molar-refractivity contribution in [2.45, 2.75) is 19.8 Å². The highest BCUT2D eigenvalue weighted by molar-refractivity contribution is 5.92. The van der Waals surface area contributed by atoms with Crippen LogP contribution in [0.2, 0.25) is 0 Å². The van der Waals surface area contributed by atoms with E-state index >= 15 is 0 Å². The molecule has 142 valence electrons. The van der Waals surface area contributed by atoms with Gasteiger partial charge in [0.05, 0.1) is 5.69 Å². The number of para-hydroxylation sites is 1. The minimum Gasteiger partial charge on any atom is -0.484 e. The highest BCUT2D eigenvalue weighted by Gasteiger charge is 2.27. The van der Waals surface area contributed by atoms with Crippen LogP contribution in [-0.4, -0.2) is 36.4 Å². The third-order valence-corrected chi connectivity index (χ3v) is 4.73. The minimum absolute atomic E-state index is 0.0187. The molecule has 1 fully saturated rings. The molecule has 1 saturated heterocycles. The SMILES string of the molecule is Cc1ccc(OCC(=O)N2CCC(C(=O)Nc3ccccc3F)CC2)cc1. The number of carbonyl (C=O) groups is 2. The van der Waals surface area contributed by atoms with Crippen LogP contribution in [0.25, 0.3) is 0 Å². The van der Waals surface area contributed by atoms with E-state index < -0.39 is 5.82 Å². The molecule has 2 amide bonds. The van der Waals surface area contributed by atoms with Crippen LogP contribution < -0.4 is 10.1 Å². The second-order valence-electron chi connectivity index (χ2n) is 6.73. The number of amides is 2. The predicted octanol–water partition coefficient (Wildman–Crippen LogP) is 3.39. The highest BCUT2D eigenvalue weighted by atomic mass is 19.1. The van der Waals surface area contributed by atoms with Gasteiger partial charge in [-0.2, -0.15) is 0 Å². The van der Waals surface area contributed by atoms with Crippen LogP contribution in [0.3, 0.4) is 0 Å². The summed E-state index contributed by atoms with van der Waals surface area (Å²) < 4.78 is 19.2. The first-order chi connectivity index (χ1) is 13.0. The normalized spacial score (nSPS) is 14.7. The maximum atomic E-state index is 13.7. The maximum Gasteiger partial charge on any atom is 0.260 e. The van der Waals surface area contributed by atoms with E-state index in [0.29, 0.717) is 31.7 Å². The van der Waals surface area contributed by atoms with Crippen molar-refractivity contribution in [2.75, 3.05) is 25.0 Å². The number of ether oxygens (including phenoxy) is 1. The van der Waals surface area contributed by atoms with Crippen molar-refractivity contribution in [2.24, 2.45) is 5.92 Å². The van der Waals surface area contributed by atoms with Gasteiger partial charge in [0.25, 0.3) is 5.91 Å². The van der Waals surface area contributed by atoms with E-state index in [1.807, 2.05) is 31.2 Å². The Bertz CT molecular complexity index is 799. The molecule has 1 heterocycles. The topological polar surface area (TPSA) is 58.6 Å². The molecular formula is C21H23FN2O3. The number of nitrogens with one attached hydrogen (secondary N) is 1. The van der Waals surface area contributed by atoms with Crippen LogP contribution in [0.1, 0.15) is 18.4 Å². The summed E-state index contributed by atoms with van der Waals surface area (Å²) in [5.74, 6) is -0.321. The van der Waals surface area contributed by atoms with Gasteiger partial charge >= 0.3 is 0 Å².